The molecule has 2 N–H and O–H groups in total. The molecule has 4 heteroatoms. The van der Waals surface area contributed by atoms with E-state index in [1.54, 1.807) is 6.20 Å². The molecule has 0 saturated carbocycles. The average Bonchev–Trinajstić information content (AvgIpc) is 2.29. The summed E-state index contributed by atoms with van der Waals surface area (Å²) < 4.78 is 1.85. The fourth-order valence-corrected chi connectivity index (χ4v) is 2.82. The van der Waals surface area contributed by atoms with Crippen molar-refractivity contribution in [3.05, 3.63) is 62.3 Å². The molecular formula is C13H12Br2N2. The zero-order valence-electron chi connectivity index (χ0n) is 9.32. The molecule has 0 amide bonds. The van der Waals surface area contributed by atoms with Crippen molar-refractivity contribution in [1.82, 2.24) is 4.98 Å². The molecule has 1 atom stereocenters. The molecule has 88 valence electrons. The molecule has 2 aromatic rings. The second kappa shape index (κ2) is 5.29. The van der Waals surface area contributed by atoms with E-state index in [9.17, 15) is 0 Å². The topological polar surface area (TPSA) is 38.9 Å². The summed E-state index contributed by atoms with van der Waals surface area (Å²) in [6.45, 7) is 2.06. The van der Waals surface area contributed by atoms with Crippen molar-refractivity contribution < 1.29 is 0 Å². The van der Waals surface area contributed by atoms with Gasteiger partial charge in [0.25, 0.3) is 0 Å². The molecular weight excluding hydrogens is 344 g/mol. The van der Waals surface area contributed by atoms with Gasteiger partial charge in [0.15, 0.2) is 0 Å². The van der Waals surface area contributed by atoms with Gasteiger partial charge in [0.1, 0.15) is 0 Å². The number of nitrogens with zero attached hydrogens (tertiary/aromatic N) is 1. The van der Waals surface area contributed by atoms with Gasteiger partial charge in [-0.3, -0.25) is 4.98 Å². The summed E-state index contributed by atoms with van der Waals surface area (Å²) in [5.74, 6) is 0. The first-order chi connectivity index (χ1) is 8.08. The summed E-state index contributed by atoms with van der Waals surface area (Å²) in [6.07, 6.45) is 1.76. The Labute approximate surface area is 118 Å². The standard InChI is InChI=1S/C13H12Br2N2/c1-8-2-4-9(5-3-8)12(16)13-11(15)6-10(14)7-17-13/h2-7,12H,16H2,1H3. The molecule has 0 radical (unpaired) electrons. The van der Waals surface area contributed by atoms with Gasteiger partial charge in [-0.1, -0.05) is 29.8 Å². The third-order valence-corrected chi connectivity index (χ3v) is 3.64. The second-order valence-corrected chi connectivity index (χ2v) is 5.68. The highest BCUT2D eigenvalue weighted by atomic mass is 79.9. The Hall–Kier alpha value is -0.710. The summed E-state index contributed by atoms with van der Waals surface area (Å²) in [5, 5.41) is 0. The zero-order chi connectivity index (χ0) is 12.4. The van der Waals surface area contributed by atoms with E-state index in [1.807, 2.05) is 18.2 Å². The number of benzene rings is 1. The first-order valence-corrected chi connectivity index (χ1v) is 6.79. The number of hydrogen-bond donors (Lipinski definition) is 1. The lowest BCUT2D eigenvalue weighted by Gasteiger charge is -2.13. The van der Waals surface area contributed by atoms with Crippen molar-refractivity contribution in [2.24, 2.45) is 5.73 Å². The minimum atomic E-state index is -0.210. The van der Waals surface area contributed by atoms with Crippen LogP contribution in [-0.4, -0.2) is 4.98 Å². The van der Waals surface area contributed by atoms with Crippen LogP contribution in [0.1, 0.15) is 22.9 Å². The first kappa shape index (κ1) is 12.7. The van der Waals surface area contributed by atoms with Gasteiger partial charge in [-0.15, -0.1) is 0 Å². The van der Waals surface area contributed by atoms with E-state index in [-0.39, 0.29) is 6.04 Å². The van der Waals surface area contributed by atoms with Gasteiger partial charge in [-0.05, 0) is 50.4 Å². The third-order valence-electron chi connectivity index (χ3n) is 2.57. The highest BCUT2D eigenvalue weighted by Crippen LogP contribution is 2.27. The smallest absolute Gasteiger partial charge is 0.0758 e. The molecule has 1 aromatic carbocycles. The third kappa shape index (κ3) is 2.94. The lowest BCUT2D eigenvalue weighted by atomic mass is 10.0. The lowest BCUT2D eigenvalue weighted by Crippen LogP contribution is -2.14. The first-order valence-electron chi connectivity index (χ1n) is 5.21. The van der Waals surface area contributed by atoms with E-state index in [4.69, 9.17) is 5.73 Å². The number of rotatable bonds is 2. The lowest BCUT2D eigenvalue weighted by molar-refractivity contribution is 0.820. The van der Waals surface area contributed by atoms with Crippen molar-refractivity contribution in [1.29, 1.82) is 0 Å². The van der Waals surface area contributed by atoms with Crippen LogP contribution in [0, 0.1) is 6.92 Å². The van der Waals surface area contributed by atoms with Crippen LogP contribution in [0.4, 0.5) is 0 Å². The Morgan fingerprint density at radius 3 is 2.41 bits per heavy atom. The van der Waals surface area contributed by atoms with E-state index >= 15 is 0 Å². The van der Waals surface area contributed by atoms with Crippen LogP contribution in [0.3, 0.4) is 0 Å². The van der Waals surface area contributed by atoms with Gasteiger partial charge in [0, 0.05) is 15.1 Å². The van der Waals surface area contributed by atoms with Crippen LogP contribution in [0.15, 0.2) is 45.5 Å². The summed E-state index contributed by atoms with van der Waals surface area (Å²) in [6, 6.07) is 9.94. The van der Waals surface area contributed by atoms with Crippen LogP contribution in [-0.2, 0) is 0 Å². The minimum absolute atomic E-state index is 0.210. The Kier molecular flexibility index (Phi) is 3.97. The maximum atomic E-state index is 6.21. The molecule has 1 heterocycles. The number of aromatic nitrogens is 1. The van der Waals surface area contributed by atoms with Crippen LogP contribution in [0.5, 0.6) is 0 Å². The van der Waals surface area contributed by atoms with E-state index in [0.29, 0.717) is 0 Å². The predicted octanol–water partition coefficient (Wildman–Crippen LogP) is 3.96. The number of hydrogen-bond acceptors (Lipinski definition) is 2. The summed E-state index contributed by atoms with van der Waals surface area (Å²) in [7, 11) is 0. The largest absolute Gasteiger partial charge is 0.319 e. The Morgan fingerprint density at radius 2 is 1.82 bits per heavy atom. The van der Waals surface area contributed by atoms with Gasteiger partial charge in [0.05, 0.1) is 11.7 Å². The average molecular weight is 356 g/mol. The fourth-order valence-electron chi connectivity index (χ4n) is 1.59. The molecule has 1 aromatic heterocycles. The van der Waals surface area contributed by atoms with Crippen molar-refractivity contribution in [3.8, 4) is 0 Å². The number of aryl methyl sites for hydroxylation is 1. The molecule has 0 aliphatic heterocycles. The second-order valence-electron chi connectivity index (χ2n) is 3.91. The van der Waals surface area contributed by atoms with Crippen molar-refractivity contribution in [2.75, 3.05) is 0 Å². The van der Waals surface area contributed by atoms with Gasteiger partial charge in [0.2, 0.25) is 0 Å². The van der Waals surface area contributed by atoms with E-state index in [1.165, 1.54) is 5.56 Å². The Bertz CT molecular complexity index is 523. The highest BCUT2D eigenvalue weighted by Gasteiger charge is 2.13. The highest BCUT2D eigenvalue weighted by molar-refractivity contribution is 9.11. The quantitative estimate of drug-likeness (QED) is 0.885. The number of pyridine rings is 1. The molecule has 0 fully saturated rings. The molecule has 0 aliphatic carbocycles. The molecule has 0 bridgehead atoms. The summed E-state index contributed by atoms with van der Waals surface area (Å²) in [4.78, 5) is 4.36. The van der Waals surface area contributed by atoms with Gasteiger partial charge in [-0.2, -0.15) is 0 Å². The molecule has 2 nitrogen and oxygen atoms in total. The monoisotopic (exact) mass is 354 g/mol. The van der Waals surface area contributed by atoms with Crippen LogP contribution >= 0.6 is 31.9 Å². The minimum Gasteiger partial charge on any atom is -0.319 e. The van der Waals surface area contributed by atoms with Crippen molar-refractivity contribution >= 4 is 31.9 Å². The molecule has 0 aliphatic rings. The maximum absolute atomic E-state index is 6.21. The Morgan fingerprint density at radius 1 is 1.18 bits per heavy atom. The molecule has 1 unspecified atom stereocenters. The van der Waals surface area contributed by atoms with Crippen molar-refractivity contribution in [3.63, 3.8) is 0 Å². The molecule has 0 spiro atoms. The number of nitrogens with two attached hydrogens (primary N) is 1. The zero-order valence-corrected chi connectivity index (χ0v) is 12.5. The van der Waals surface area contributed by atoms with E-state index in [0.717, 1.165) is 20.2 Å². The molecule has 2 rings (SSSR count). The number of halogens is 2. The fraction of sp³-hybridized carbons (Fsp3) is 0.154. The summed E-state index contributed by atoms with van der Waals surface area (Å²) in [5.41, 5.74) is 9.34. The van der Waals surface area contributed by atoms with Crippen LogP contribution < -0.4 is 5.73 Å². The maximum Gasteiger partial charge on any atom is 0.0758 e. The molecule has 0 saturated heterocycles. The predicted molar refractivity (Wildman–Crippen MR) is 76.8 cm³/mol. The van der Waals surface area contributed by atoms with E-state index < -0.39 is 0 Å². The Balaban J connectivity index is 2.36. The van der Waals surface area contributed by atoms with Crippen LogP contribution in [0.2, 0.25) is 0 Å². The van der Waals surface area contributed by atoms with Gasteiger partial charge >= 0.3 is 0 Å². The molecule has 17 heavy (non-hydrogen) atoms. The van der Waals surface area contributed by atoms with Gasteiger partial charge < -0.3 is 5.73 Å². The van der Waals surface area contributed by atoms with E-state index in [2.05, 4.69) is 55.9 Å². The van der Waals surface area contributed by atoms with Crippen molar-refractivity contribution in [2.45, 2.75) is 13.0 Å². The van der Waals surface area contributed by atoms with Gasteiger partial charge in [-0.25, -0.2) is 0 Å². The van der Waals surface area contributed by atoms with Crippen LogP contribution in [0.25, 0.3) is 0 Å². The SMILES string of the molecule is Cc1ccc(C(N)c2ncc(Br)cc2Br)cc1. The normalized spacial score (nSPS) is 12.5. The summed E-state index contributed by atoms with van der Waals surface area (Å²) >= 11 is 6.86.